The number of benzene rings is 12. The summed E-state index contributed by atoms with van der Waals surface area (Å²) in [6, 6.07) is 90.8. The van der Waals surface area contributed by atoms with Gasteiger partial charge in [-0.3, -0.25) is 0 Å². The van der Waals surface area contributed by atoms with Crippen molar-refractivity contribution >= 4 is 103 Å². The van der Waals surface area contributed by atoms with E-state index in [1.165, 1.54) is 114 Å². The third-order valence-electron chi connectivity index (χ3n) is 19.3. The molecule has 3 aliphatic carbocycles. The molecule has 0 bridgehead atoms. The van der Waals surface area contributed by atoms with Gasteiger partial charge in [0.2, 0.25) is 0 Å². The first-order valence-corrected chi connectivity index (χ1v) is 35.0. The third-order valence-corrected chi connectivity index (χ3v) is 23.5. The SMILES string of the molecule is CC1(C)c2ccccc2-c2ccc(-c3ccc([S-])c(-c4nc5ccccc5s4)c3)cc21.CC1(C)c2ccccc2-c2ccc(-c3ccc([S-])c(-c4nc5ccccc5s4)c3)cc21.CC1(C)c2ccccc2-c2ccc(-c3ccc([S-])c(-c4nc5ccccc5s4)c3)cc21.[Zn].[Zn]. The normalized spacial score (nSPS) is 13.6. The zero-order valence-corrected chi connectivity index (χ0v) is 64.3. The van der Waals surface area contributed by atoms with Gasteiger partial charge < -0.3 is 37.9 Å². The monoisotopic (exact) mass is 1430 g/mol. The van der Waals surface area contributed by atoms with Crippen LogP contribution in [-0.2, 0) is 93.1 Å². The summed E-state index contributed by atoms with van der Waals surface area (Å²) in [4.78, 5) is 17.0. The maximum atomic E-state index is 5.68. The number of hydrogen-bond donors (Lipinski definition) is 0. The molecule has 0 aliphatic heterocycles. The van der Waals surface area contributed by atoms with Crippen LogP contribution in [0.3, 0.4) is 0 Å². The molecule has 0 N–H and O–H groups in total. The summed E-state index contributed by atoms with van der Waals surface area (Å²) in [5.74, 6) is 0. The van der Waals surface area contributed by atoms with Crippen molar-refractivity contribution in [1.82, 2.24) is 15.0 Å². The van der Waals surface area contributed by atoms with Crippen LogP contribution in [-0.4, -0.2) is 15.0 Å². The molecular weight excluding hydrogens is 1370 g/mol. The van der Waals surface area contributed by atoms with Crippen LogP contribution in [0.4, 0.5) is 0 Å². The molecule has 0 spiro atoms. The number of thiazole rings is 3. The Kier molecular flexibility index (Phi) is 17.2. The molecule has 0 atom stereocenters. The average molecular weight is 1430 g/mol. The van der Waals surface area contributed by atoms with Gasteiger partial charge in [0.1, 0.15) is 15.0 Å². The van der Waals surface area contributed by atoms with E-state index in [0.29, 0.717) is 0 Å². The molecule has 11 heteroatoms. The standard InChI is InChI=1S/3C28H21NS2.2Zn/c3*1-28(2)22-8-4-3-7-19(22)20-13-11-18(16-23(20)28)17-12-14-25(30)21(15-17)27-29-24-9-5-6-10-26(24)31-27;;/h3*3-16,30H,1-2H3;;/p-3. The Bertz CT molecular complexity index is 4880. The van der Waals surface area contributed by atoms with E-state index in [0.717, 1.165) is 62.9 Å². The summed E-state index contributed by atoms with van der Waals surface area (Å²) in [5.41, 5.74) is 29.8. The fourth-order valence-electron chi connectivity index (χ4n) is 14.2. The Morgan fingerprint density at radius 2 is 0.474 bits per heavy atom. The molecular formula is C84H60N3S6Zn2-3. The molecule has 18 rings (SSSR count). The minimum atomic E-state index is -0.00421. The number of hydrogen-bond acceptors (Lipinski definition) is 9. The quantitative estimate of drug-likeness (QED) is 0.122. The number of rotatable bonds is 6. The molecule has 95 heavy (non-hydrogen) atoms. The van der Waals surface area contributed by atoms with Gasteiger partial charge in [-0.15, -0.1) is 34.0 Å². The molecule has 3 aromatic heterocycles. The Labute approximate surface area is 609 Å². The maximum Gasteiger partial charge on any atom is 0.123 e. The fraction of sp³-hybridized carbons (Fsp3) is 0.107. The van der Waals surface area contributed by atoms with Gasteiger partial charge in [-0.25, -0.2) is 15.0 Å². The molecule has 0 unspecified atom stereocenters. The molecule has 0 radical (unpaired) electrons. The van der Waals surface area contributed by atoms with Crippen molar-refractivity contribution in [1.29, 1.82) is 0 Å². The van der Waals surface area contributed by atoms with Gasteiger partial charge in [-0.05, 0) is 190 Å². The van der Waals surface area contributed by atoms with Crippen molar-refractivity contribution in [3.8, 4) is 98.5 Å². The van der Waals surface area contributed by atoms with Gasteiger partial charge in [-0.2, -0.15) is 14.7 Å². The molecule has 12 aromatic carbocycles. The van der Waals surface area contributed by atoms with Gasteiger partial charge in [-0.1, -0.05) is 224 Å². The number of nitrogens with zero attached hydrogens (tertiary/aromatic N) is 3. The molecule has 0 saturated carbocycles. The van der Waals surface area contributed by atoms with Crippen LogP contribution in [0.1, 0.15) is 74.9 Å². The second-order valence-electron chi connectivity index (χ2n) is 25.9. The molecule has 0 amide bonds. The van der Waals surface area contributed by atoms with Crippen molar-refractivity contribution in [2.75, 3.05) is 0 Å². The fourth-order valence-corrected chi connectivity index (χ4v) is 18.1. The number of para-hydroxylation sites is 3. The molecule has 0 fully saturated rings. The topological polar surface area (TPSA) is 38.7 Å². The maximum absolute atomic E-state index is 5.68. The van der Waals surface area contributed by atoms with Gasteiger partial charge in [0.05, 0.1) is 30.6 Å². The van der Waals surface area contributed by atoms with Crippen LogP contribution >= 0.6 is 34.0 Å². The van der Waals surface area contributed by atoms with Crippen molar-refractivity contribution in [2.24, 2.45) is 0 Å². The second kappa shape index (κ2) is 25.3. The van der Waals surface area contributed by atoms with E-state index in [1.807, 2.05) is 36.4 Å². The minimum absolute atomic E-state index is 0. The molecule has 0 saturated heterocycles. The average Bonchev–Trinajstić information content (AvgIpc) is 1.60. The van der Waals surface area contributed by atoms with Gasteiger partial charge in [0.25, 0.3) is 0 Å². The number of aromatic nitrogens is 3. The zero-order chi connectivity index (χ0) is 63.5. The Morgan fingerprint density at radius 1 is 0.242 bits per heavy atom. The predicted molar refractivity (Wildman–Crippen MR) is 401 cm³/mol. The van der Waals surface area contributed by atoms with E-state index >= 15 is 0 Å². The summed E-state index contributed by atoms with van der Waals surface area (Å²) in [6.07, 6.45) is 0. The van der Waals surface area contributed by atoms with Crippen molar-refractivity contribution in [2.45, 2.75) is 72.5 Å². The Morgan fingerprint density at radius 3 is 0.758 bits per heavy atom. The Hall–Kier alpha value is -7.78. The number of fused-ring (bicyclic) bond motifs is 12. The van der Waals surface area contributed by atoms with Gasteiger partial charge in [0.15, 0.2) is 0 Å². The smallest absolute Gasteiger partial charge is 0.123 e. The van der Waals surface area contributed by atoms with Crippen LogP contribution in [0, 0.1) is 0 Å². The van der Waals surface area contributed by atoms with Crippen LogP contribution in [0.15, 0.2) is 269 Å². The molecule has 15 aromatic rings. The van der Waals surface area contributed by atoms with E-state index in [1.54, 1.807) is 34.0 Å². The van der Waals surface area contributed by atoms with Crippen molar-refractivity contribution < 1.29 is 39.0 Å². The van der Waals surface area contributed by atoms with E-state index in [4.69, 9.17) is 52.8 Å². The minimum Gasteiger partial charge on any atom is -0.779 e. The van der Waals surface area contributed by atoms with Gasteiger partial charge >= 0.3 is 0 Å². The van der Waals surface area contributed by atoms with E-state index in [9.17, 15) is 0 Å². The zero-order valence-electron chi connectivity index (χ0n) is 53.5. The summed E-state index contributed by atoms with van der Waals surface area (Å²) in [5, 5.41) is 2.96. The summed E-state index contributed by atoms with van der Waals surface area (Å²) in [6.45, 7) is 13.9. The summed E-state index contributed by atoms with van der Waals surface area (Å²) < 4.78 is 3.57. The largest absolute Gasteiger partial charge is 0.779 e. The van der Waals surface area contributed by atoms with Crippen LogP contribution in [0.5, 0.6) is 0 Å². The van der Waals surface area contributed by atoms with Crippen LogP contribution in [0.2, 0.25) is 0 Å². The van der Waals surface area contributed by atoms with E-state index in [2.05, 4.69) is 260 Å². The molecule has 454 valence electrons. The first kappa shape index (κ1) is 64.6. The first-order chi connectivity index (χ1) is 45.1. The first-order valence-electron chi connectivity index (χ1n) is 31.3. The van der Waals surface area contributed by atoms with E-state index < -0.39 is 0 Å². The van der Waals surface area contributed by atoms with Crippen molar-refractivity contribution in [3.63, 3.8) is 0 Å². The van der Waals surface area contributed by atoms with Gasteiger partial charge in [0, 0.05) is 55.2 Å². The predicted octanol–water partition coefficient (Wildman–Crippen LogP) is 23.5. The molecule has 3 nitrogen and oxygen atoms in total. The Balaban J connectivity index is 0.000000121. The molecule has 3 aliphatic rings. The summed E-state index contributed by atoms with van der Waals surface area (Å²) >= 11 is 22.1. The van der Waals surface area contributed by atoms with Crippen LogP contribution in [0.25, 0.3) is 129 Å². The third kappa shape index (κ3) is 11.3. The van der Waals surface area contributed by atoms with E-state index in [-0.39, 0.29) is 55.2 Å². The second-order valence-corrected chi connectivity index (χ2v) is 30.3. The van der Waals surface area contributed by atoms with Crippen LogP contribution < -0.4 is 0 Å². The molecule has 3 heterocycles. The van der Waals surface area contributed by atoms with Crippen molar-refractivity contribution in [3.05, 3.63) is 288 Å². The summed E-state index contributed by atoms with van der Waals surface area (Å²) in [7, 11) is 0.